The third-order valence-corrected chi connectivity index (χ3v) is 3.17. The highest BCUT2D eigenvalue weighted by Gasteiger charge is 2.03. The summed E-state index contributed by atoms with van der Waals surface area (Å²) >= 11 is 6.04. The van der Waals surface area contributed by atoms with Gasteiger partial charge in [0.1, 0.15) is 5.50 Å². The number of fused-ring (bicyclic) bond motifs is 1. The number of benzene rings is 2. The largest absolute Gasteiger partial charge is 0.372 e. The predicted octanol–water partition coefficient (Wildman–Crippen LogP) is 4.09. The third kappa shape index (κ3) is 4.64. The lowest BCUT2D eigenvalue weighted by molar-refractivity contribution is 0.981. The molecule has 0 bridgehead atoms. The molecule has 0 spiro atoms. The van der Waals surface area contributed by atoms with E-state index in [-0.39, 0.29) is 5.50 Å². The van der Waals surface area contributed by atoms with Crippen molar-refractivity contribution in [2.24, 2.45) is 0 Å². The average molecular weight is 302 g/mol. The summed E-state index contributed by atoms with van der Waals surface area (Å²) in [6.45, 7) is 8.00. The number of rotatable bonds is 1. The first-order valence-electron chi connectivity index (χ1n) is 7.60. The molecule has 0 fully saturated rings. The van der Waals surface area contributed by atoms with E-state index in [9.17, 15) is 0 Å². The number of halogens is 1. The van der Waals surface area contributed by atoms with Gasteiger partial charge in [-0.2, -0.15) is 0 Å². The molecule has 1 unspecified atom stereocenters. The summed E-state index contributed by atoms with van der Waals surface area (Å²) in [7, 11) is 0. The first-order valence-corrected chi connectivity index (χ1v) is 8.04. The Labute approximate surface area is 133 Å². The molecule has 1 N–H and O–H groups in total. The Morgan fingerprint density at radius 1 is 0.810 bits per heavy atom. The minimum Gasteiger partial charge on any atom is -0.372 e. The van der Waals surface area contributed by atoms with Gasteiger partial charge in [-0.05, 0) is 33.7 Å². The number of alkyl halides is 1. The monoisotopic (exact) mass is 301 g/mol. The molecule has 0 aromatic heterocycles. The van der Waals surface area contributed by atoms with Crippen molar-refractivity contribution in [2.45, 2.75) is 33.2 Å². The van der Waals surface area contributed by atoms with Gasteiger partial charge < -0.3 is 5.32 Å². The maximum absolute atomic E-state index is 6.04. The maximum Gasteiger partial charge on any atom is 0.120 e. The predicted molar refractivity (Wildman–Crippen MR) is 95.5 cm³/mol. The number of nitrogens with one attached hydrogen (secondary N) is 1. The average Bonchev–Trinajstić information content (AvgIpc) is 2.58. The Bertz CT molecular complexity index is 647. The van der Waals surface area contributed by atoms with Crippen molar-refractivity contribution in [1.29, 1.82) is 0 Å². The summed E-state index contributed by atoms with van der Waals surface area (Å²) in [5, 5.41) is 5.45. The van der Waals surface area contributed by atoms with Gasteiger partial charge in [0, 0.05) is 6.20 Å². The van der Waals surface area contributed by atoms with Crippen molar-refractivity contribution >= 4 is 23.9 Å². The molecule has 0 radical (unpaired) electrons. The summed E-state index contributed by atoms with van der Waals surface area (Å²) in [4.78, 5) is 0. The van der Waals surface area contributed by atoms with Crippen LogP contribution >= 0.6 is 11.6 Å². The highest BCUT2D eigenvalue weighted by Crippen LogP contribution is 2.15. The topological polar surface area (TPSA) is 12.0 Å². The van der Waals surface area contributed by atoms with E-state index in [0.717, 1.165) is 0 Å². The van der Waals surface area contributed by atoms with Crippen LogP contribution in [0.3, 0.4) is 0 Å². The van der Waals surface area contributed by atoms with Gasteiger partial charge in [0.25, 0.3) is 0 Å². The Balaban J connectivity index is 0.000000510. The SMILES string of the molecule is CC.CC.ClC1C=c2cc(-c3ccccc3)ccc2=CN1. The van der Waals surface area contributed by atoms with Gasteiger partial charge in [-0.1, -0.05) is 81.8 Å². The minimum absolute atomic E-state index is 0.117. The van der Waals surface area contributed by atoms with Gasteiger partial charge in [0.05, 0.1) is 0 Å². The van der Waals surface area contributed by atoms with Crippen LogP contribution in [0.1, 0.15) is 27.7 Å². The molecule has 1 heterocycles. The molecule has 0 saturated carbocycles. The molecule has 2 heteroatoms. The lowest BCUT2D eigenvalue weighted by atomic mass is 10.0. The quantitative estimate of drug-likeness (QED) is 0.618. The highest BCUT2D eigenvalue weighted by atomic mass is 35.5. The lowest BCUT2D eigenvalue weighted by Crippen LogP contribution is -2.36. The van der Waals surface area contributed by atoms with Crippen molar-refractivity contribution in [3.8, 4) is 11.1 Å². The standard InChI is InChI=1S/C15H12ClN.2C2H6/c16-15-9-14-8-12(6-7-13(14)10-17-15)11-4-2-1-3-5-11;2*1-2/h1-10,15,17H;2*1-2H3. The van der Waals surface area contributed by atoms with Crippen LogP contribution < -0.4 is 15.8 Å². The second-order valence-corrected chi connectivity index (χ2v) is 4.56. The van der Waals surface area contributed by atoms with E-state index in [1.807, 2.05) is 46.0 Å². The van der Waals surface area contributed by atoms with E-state index in [1.165, 1.54) is 21.6 Å². The van der Waals surface area contributed by atoms with Crippen LogP contribution in [0.4, 0.5) is 0 Å². The van der Waals surface area contributed by atoms with Crippen LogP contribution in [0.25, 0.3) is 23.4 Å². The zero-order valence-electron chi connectivity index (χ0n) is 13.2. The van der Waals surface area contributed by atoms with Crippen LogP contribution in [0.5, 0.6) is 0 Å². The molecule has 0 saturated heterocycles. The molecule has 0 amide bonds. The van der Waals surface area contributed by atoms with E-state index in [4.69, 9.17) is 11.6 Å². The van der Waals surface area contributed by atoms with Crippen molar-refractivity contribution < 1.29 is 0 Å². The summed E-state index contributed by atoms with van der Waals surface area (Å²) in [6.07, 6.45) is 3.99. The molecule has 1 nitrogen and oxygen atoms in total. The zero-order chi connectivity index (χ0) is 15.7. The van der Waals surface area contributed by atoms with Crippen LogP contribution in [-0.4, -0.2) is 5.50 Å². The first kappa shape index (κ1) is 17.3. The Morgan fingerprint density at radius 2 is 1.48 bits per heavy atom. The molecule has 1 aliphatic rings. The smallest absolute Gasteiger partial charge is 0.120 e. The zero-order valence-corrected chi connectivity index (χ0v) is 14.0. The van der Waals surface area contributed by atoms with Crippen LogP contribution in [0, 0.1) is 0 Å². The highest BCUT2D eigenvalue weighted by molar-refractivity contribution is 6.23. The molecular weight excluding hydrogens is 278 g/mol. The fraction of sp³-hybridized carbons (Fsp3) is 0.263. The van der Waals surface area contributed by atoms with E-state index < -0.39 is 0 Å². The first-order chi connectivity index (χ1) is 10.3. The van der Waals surface area contributed by atoms with Crippen LogP contribution in [0.2, 0.25) is 0 Å². The normalized spacial score (nSPS) is 14.6. The molecule has 2 aromatic carbocycles. The van der Waals surface area contributed by atoms with Crippen LogP contribution in [0.15, 0.2) is 48.5 Å². The molecular formula is C19H24ClN. The number of hydrogen-bond acceptors (Lipinski definition) is 1. The second kappa shape index (κ2) is 9.25. The van der Waals surface area contributed by atoms with Crippen molar-refractivity contribution in [3.63, 3.8) is 0 Å². The van der Waals surface area contributed by atoms with Gasteiger partial charge in [0.2, 0.25) is 0 Å². The molecule has 3 rings (SSSR count). The Morgan fingerprint density at radius 3 is 2.14 bits per heavy atom. The van der Waals surface area contributed by atoms with Crippen molar-refractivity contribution in [2.75, 3.05) is 0 Å². The fourth-order valence-electron chi connectivity index (χ4n) is 2.04. The fourth-order valence-corrected chi connectivity index (χ4v) is 2.23. The molecule has 1 atom stereocenters. The molecule has 0 aliphatic carbocycles. The van der Waals surface area contributed by atoms with Gasteiger partial charge in [-0.25, -0.2) is 0 Å². The molecule has 21 heavy (non-hydrogen) atoms. The summed E-state index contributed by atoms with van der Waals surface area (Å²) < 4.78 is 0. The molecule has 1 aliphatic heterocycles. The Hall–Kier alpha value is -1.73. The Kier molecular flexibility index (Phi) is 7.63. The van der Waals surface area contributed by atoms with Gasteiger partial charge in [0.15, 0.2) is 0 Å². The van der Waals surface area contributed by atoms with Gasteiger partial charge in [-0.15, -0.1) is 0 Å². The summed E-state index contributed by atoms with van der Waals surface area (Å²) in [5.41, 5.74) is 2.33. The van der Waals surface area contributed by atoms with E-state index in [2.05, 4.69) is 47.8 Å². The number of hydrogen-bond donors (Lipinski definition) is 1. The van der Waals surface area contributed by atoms with Crippen LogP contribution in [-0.2, 0) is 0 Å². The van der Waals surface area contributed by atoms with E-state index >= 15 is 0 Å². The summed E-state index contributed by atoms with van der Waals surface area (Å²) in [6, 6.07) is 16.8. The van der Waals surface area contributed by atoms with E-state index in [1.54, 1.807) is 0 Å². The van der Waals surface area contributed by atoms with E-state index in [0.29, 0.717) is 0 Å². The molecule has 112 valence electrons. The second-order valence-electron chi connectivity index (χ2n) is 4.09. The summed E-state index contributed by atoms with van der Waals surface area (Å²) in [5.74, 6) is 0. The minimum atomic E-state index is -0.117. The van der Waals surface area contributed by atoms with Crippen molar-refractivity contribution in [3.05, 3.63) is 59.0 Å². The van der Waals surface area contributed by atoms with Gasteiger partial charge >= 0.3 is 0 Å². The van der Waals surface area contributed by atoms with Crippen molar-refractivity contribution in [1.82, 2.24) is 5.32 Å². The van der Waals surface area contributed by atoms with Gasteiger partial charge in [-0.3, -0.25) is 0 Å². The molecule has 2 aromatic rings. The third-order valence-electron chi connectivity index (χ3n) is 2.92. The lowest BCUT2D eigenvalue weighted by Gasteiger charge is -2.10. The maximum atomic E-state index is 6.04.